The van der Waals surface area contributed by atoms with Crippen LogP contribution in [0.4, 0.5) is 10.1 Å². The largest absolute Gasteiger partial charge is 0.478 e. The van der Waals surface area contributed by atoms with Crippen molar-refractivity contribution >= 4 is 34.0 Å². The lowest BCUT2D eigenvalue weighted by atomic mass is 10.1. The van der Waals surface area contributed by atoms with Gasteiger partial charge in [0.1, 0.15) is 5.56 Å². The number of benzene rings is 1. The molecule has 0 unspecified atom stereocenters. The van der Waals surface area contributed by atoms with Crippen molar-refractivity contribution < 1.29 is 19.1 Å². The van der Waals surface area contributed by atoms with Crippen LogP contribution in [0, 0.1) is 5.82 Å². The zero-order chi connectivity index (χ0) is 10.7. The van der Waals surface area contributed by atoms with Gasteiger partial charge in [-0.1, -0.05) is 0 Å². The minimum absolute atomic E-state index is 0.0337. The van der Waals surface area contributed by atoms with Gasteiger partial charge in [-0.05, 0) is 28.1 Å². The van der Waals surface area contributed by atoms with Crippen molar-refractivity contribution in [3.63, 3.8) is 0 Å². The average molecular weight is 262 g/mol. The van der Waals surface area contributed by atoms with Crippen LogP contribution in [0.5, 0.6) is 0 Å². The number of anilines is 1. The number of hydrogen-bond donors (Lipinski definition) is 2. The van der Waals surface area contributed by atoms with E-state index in [-0.39, 0.29) is 16.6 Å². The lowest BCUT2D eigenvalue weighted by molar-refractivity contribution is -0.105. The SMILES string of the molecule is O=CNc1ccc(Br)c(F)c1C(=O)O. The van der Waals surface area contributed by atoms with Crippen LogP contribution in [-0.2, 0) is 4.79 Å². The normalized spacial score (nSPS) is 9.57. The van der Waals surface area contributed by atoms with Crippen molar-refractivity contribution in [3.8, 4) is 0 Å². The molecule has 0 saturated heterocycles. The molecule has 0 bridgehead atoms. The molecule has 0 fully saturated rings. The van der Waals surface area contributed by atoms with Crippen LogP contribution in [0.15, 0.2) is 16.6 Å². The molecule has 0 aromatic heterocycles. The van der Waals surface area contributed by atoms with Gasteiger partial charge < -0.3 is 10.4 Å². The molecule has 2 N–H and O–H groups in total. The molecule has 0 spiro atoms. The number of hydrogen-bond acceptors (Lipinski definition) is 2. The van der Waals surface area contributed by atoms with Crippen molar-refractivity contribution in [1.29, 1.82) is 0 Å². The van der Waals surface area contributed by atoms with E-state index in [2.05, 4.69) is 21.2 Å². The molecular weight excluding hydrogens is 257 g/mol. The van der Waals surface area contributed by atoms with E-state index in [0.29, 0.717) is 0 Å². The molecule has 14 heavy (non-hydrogen) atoms. The van der Waals surface area contributed by atoms with Crippen LogP contribution in [0.1, 0.15) is 10.4 Å². The lowest BCUT2D eigenvalue weighted by Gasteiger charge is -2.06. The van der Waals surface area contributed by atoms with Crippen LogP contribution in [0.3, 0.4) is 0 Å². The molecular formula is C8H5BrFNO3. The van der Waals surface area contributed by atoms with Gasteiger partial charge in [-0.3, -0.25) is 4.79 Å². The third-order valence-electron chi connectivity index (χ3n) is 1.52. The van der Waals surface area contributed by atoms with Gasteiger partial charge in [-0.2, -0.15) is 0 Å². The van der Waals surface area contributed by atoms with Crippen molar-refractivity contribution in [2.75, 3.05) is 5.32 Å². The molecule has 0 aliphatic carbocycles. The van der Waals surface area contributed by atoms with Gasteiger partial charge in [0, 0.05) is 0 Å². The summed E-state index contributed by atoms with van der Waals surface area (Å²) in [6.07, 6.45) is 0.287. The number of halogens is 2. The van der Waals surface area contributed by atoms with E-state index in [4.69, 9.17) is 5.11 Å². The van der Waals surface area contributed by atoms with Crippen LogP contribution in [0.2, 0.25) is 0 Å². The van der Waals surface area contributed by atoms with Gasteiger partial charge in [0.15, 0.2) is 5.82 Å². The summed E-state index contributed by atoms with van der Waals surface area (Å²) in [6.45, 7) is 0. The van der Waals surface area contributed by atoms with Crippen molar-refractivity contribution in [3.05, 3.63) is 28.0 Å². The molecule has 4 nitrogen and oxygen atoms in total. The summed E-state index contributed by atoms with van der Waals surface area (Å²) in [5.41, 5.74) is -0.639. The maximum absolute atomic E-state index is 13.3. The Morgan fingerprint density at radius 3 is 2.71 bits per heavy atom. The Bertz CT molecular complexity index is 394. The predicted octanol–water partition coefficient (Wildman–Crippen LogP) is 1.85. The van der Waals surface area contributed by atoms with E-state index >= 15 is 0 Å². The molecule has 0 aliphatic rings. The smallest absolute Gasteiger partial charge is 0.340 e. The van der Waals surface area contributed by atoms with E-state index in [1.807, 2.05) is 0 Å². The number of aromatic carboxylic acids is 1. The van der Waals surface area contributed by atoms with Crippen LogP contribution >= 0.6 is 15.9 Å². The molecule has 0 atom stereocenters. The minimum atomic E-state index is -1.44. The van der Waals surface area contributed by atoms with Crippen molar-refractivity contribution in [2.24, 2.45) is 0 Å². The fourth-order valence-electron chi connectivity index (χ4n) is 0.943. The summed E-state index contributed by atoms with van der Waals surface area (Å²) < 4.78 is 13.3. The van der Waals surface area contributed by atoms with Gasteiger partial charge in [-0.15, -0.1) is 0 Å². The third kappa shape index (κ3) is 1.90. The number of amides is 1. The number of carboxylic acid groups (broad SMARTS) is 1. The highest BCUT2D eigenvalue weighted by atomic mass is 79.9. The zero-order valence-corrected chi connectivity index (χ0v) is 8.34. The van der Waals surface area contributed by atoms with Crippen LogP contribution in [0.25, 0.3) is 0 Å². The number of nitrogens with one attached hydrogen (secondary N) is 1. The second kappa shape index (κ2) is 4.19. The topological polar surface area (TPSA) is 66.4 Å². The van der Waals surface area contributed by atoms with Gasteiger partial charge in [-0.25, -0.2) is 9.18 Å². The van der Waals surface area contributed by atoms with Crippen LogP contribution < -0.4 is 5.32 Å². The number of carboxylic acids is 1. The molecule has 0 heterocycles. The molecule has 6 heteroatoms. The fourth-order valence-corrected chi connectivity index (χ4v) is 1.27. The Kier molecular flexibility index (Phi) is 3.19. The maximum Gasteiger partial charge on any atom is 0.340 e. The number of carbonyl (C=O) groups is 2. The molecule has 0 saturated carbocycles. The first kappa shape index (κ1) is 10.6. The first-order valence-electron chi connectivity index (χ1n) is 3.49. The highest BCUT2D eigenvalue weighted by molar-refractivity contribution is 9.10. The second-order valence-electron chi connectivity index (χ2n) is 2.35. The minimum Gasteiger partial charge on any atom is -0.478 e. The molecule has 0 radical (unpaired) electrons. The van der Waals surface area contributed by atoms with Crippen molar-refractivity contribution in [1.82, 2.24) is 0 Å². The summed E-state index contributed by atoms with van der Waals surface area (Å²) in [4.78, 5) is 20.8. The fraction of sp³-hybridized carbons (Fsp3) is 0. The third-order valence-corrected chi connectivity index (χ3v) is 2.14. The van der Waals surface area contributed by atoms with Crippen molar-refractivity contribution in [2.45, 2.75) is 0 Å². The van der Waals surface area contributed by atoms with E-state index in [0.717, 1.165) is 0 Å². The Hall–Kier alpha value is -1.43. The molecule has 0 aliphatic heterocycles. The summed E-state index contributed by atoms with van der Waals surface area (Å²) in [5, 5.41) is 10.8. The molecule has 1 aromatic rings. The summed E-state index contributed by atoms with van der Waals surface area (Å²) >= 11 is 2.85. The molecule has 1 aromatic carbocycles. The Morgan fingerprint density at radius 1 is 1.57 bits per heavy atom. The standard InChI is InChI=1S/C8H5BrFNO3/c9-4-1-2-5(11-3-12)6(7(4)10)8(13)14/h1-3H,(H,11,12)(H,13,14). The van der Waals surface area contributed by atoms with Crippen LogP contribution in [-0.4, -0.2) is 17.5 Å². The zero-order valence-electron chi connectivity index (χ0n) is 6.75. The van der Waals surface area contributed by atoms with Gasteiger partial charge >= 0.3 is 5.97 Å². The summed E-state index contributed by atoms with van der Waals surface area (Å²) in [6, 6.07) is 2.61. The summed E-state index contributed by atoms with van der Waals surface area (Å²) in [5.74, 6) is -2.35. The van der Waals surface area contributed by atoms with Gasteiger partial charge in [0.2, 0.25) is 6.41 Å². The Morgan fingerprint density at radius 2 is 2.21 bits per heavy atom. The summed E-state index contributed by atoms with van der Waals surface area (Å²) in [7, 11) is 0. The van der Waals surface area contributed by atoms with E-state index in [1.54, 1.807) is 0 Å². The molecule has 74 valence electrons. The van der Waals surface area contributed by atoms with Gasteiger partial charge in [0.25, 0.3) is 0 Å². The highest BCUT2D eigenvalue weighted by Crippen LogP contribution is 2.25. The predicted molar refractivity (Wildman–Crippen MR) is 50.7 cm³/mol. The van der Waals surface area contributed by atoms with E-state index < -0.39 is 17.3 Å². The van der Waals surface area contributed by atoms with E-state index in [1.165, 1.54) is 12.1 Å². The second-order valence-corrected chi connectivity index (χ2v) is 3.21. The monoisotopic (exact) mass is 261 g/mol. The first-order chi connectivity index (χ1) is 6.57. The van der Waals surface area contributed by atoms with E-state index in [9.17, 15) is 14.0 Å². The average Bonchev–Trinajstić information content (AvgIpc) is 2.11. The van der Waals surface area contributed by atoms with Gasteiger partial charge in [0.05, 0.1) is 10.2 Å². The Balaban J connectivity index is 3.37. The maximum atomic E-state index is 13.3. The number of carbonyl (C=O) groups excluding carboxylic acids is 1. The number of rotatable bonds is 3. The molecule has 1 rings (SSSR count). The lowest BCUT2D eigenvalue weighted by Crippen LogP contribution is -2.07. The highest BCUT2D eigenvalue weighted by Gasteiger charge is 2.18. The molecule has 1 amide bonds. The first-order valence-corrected chi connectivity index (χ1v) is 4.28. The quantitative estimate of drug-likeness (QED) is 0.817. The Labute approximate surface area is 86.9 Å².